The normalized spacial score (nSPS) is 16.1. The Bertz CT molecular complexity index is 833. The molecule has 0 bridgehead atoms. The second-order valence-electron chi connectivity index (χ2n) is 6.87. The zero-order valence-electron chi connectivity index (χ0n) is 15.9. The minimum atomic E-state index is -0.534. The Kier molecular flexibility index (Phi) is 6.42. The van der Waals surface area contributed by atoms with Gasteiger partial charge in [0.1, 0.15) is 0 Å². The summed E-state index contributed by atoms with van der Waals surface area (Å²) in [5.74, 6) is -1.53. The van der Waals surface area contributed by atoms with E-state index in [-0.39, 0.29) is 18.9 Å². The lowest BCUT2D eigenvalue weighted by Gasteiger charge is -2.16. The molecular weight excluding hydrogens is 356 g/mol. The van der Waals surface area contributed by atoms with Crippen LogP contribution in [0.15, 0.2) is 54.6 Å². The van der Waals surface area contributed by atoms with Gasteiger partial charge < -0.3 is 15.0 Å². The first kappa shape index (κ1) is 19.6. The van der Waals surface area contributed by atoms with Crippen LogP contribution in [0.1, 0.15) is 24.5 Å². The fourth-order valence-corrected chi connectivity index (χ4v) is 3.16. The first-order chi connectivity index (χ1) is 13.5. The Labute approximate surface area is 164 Å². The topological polar surface area (TPSA) is 75.7 Å². The summed E-state index contributed by atoms with van der Waals surface area (Å²) >= 11 is 0. The molecule has 6 nitrogen and oxygen atoms in total. The van der Waals surface area contributed by atoms with Crippen LogP contribution in [0.5, 0.6) is 0 Å². The molecule has 0 saturated carbocycles. The van der Waals surface area contributed by atoms with Crippen LogP contribution in [0.3, 0.4) is 0 Å². The lowest BCUT2D eigenvalue weighted by Crippen LogP contribution is -2.28. The number of likely N-dealkylation sites (tertiary alicyclic amines) is 1. The van der Waals surface area contributed by atoms with E-state index in [1.54, 1.807) is 4.90 Å². The van der Waals surface area contributed by atoms with Crippen molar-refractivity contribution >= 4 is 23.5 Å². The molecule has 6 heteroatoms. The number of esters is 1. The molecule has 0 spiro atoms. The van der Waals surface area contributed by atoms with Crippen molar-refractivity contribution in [1.82, 2.24) is 4.90 Å². The molecule has 28 heavy (non-hydrogen) atoms. The quantitative estimate of drug-likeness (QED) is 0.750. The van der Waals surface area contributed by atoms with E-state index < -0.39 is 17.8 Å². The average molecular weight is 380 g/mol. The van der Waals surface area contributed by atoms with Gasteiger partial charge >= 0.3 is 5.97 Å². The predicted octanol–water partition coefficient (Wildman–Crippen LogP) is 2.78. The summed E-state index contributed by atoms with van der Waals surface area (Å²) in [7, 11) is 0. The van der Waals surface area contributed by atoms with Crippen LogP contribution in [-0.2, 0) is 32.1 Å². The van der Waals surface area contributed by atoms with Crippen molar-refractivity contribution < 1.29 is 19.1 Å². The summed E-state index contributed by atoms with van der Waals surface area (Å²) in [6.07, 6.45) is 1.04. The molecule has 1 saturated heterocycles. The van der Waals surface area contributed by atoms with Crippen molar-refractivity contribution in [1.29, 1.82) is 0 Å². The number of ether oxygens (including phenoxy) is 1. The van der Waals surface area contributed by atoms with Gasteiger partial charge in [-0.3, -0.25) is 14.4 Å². The van der Waals surface area contributed by atoms with Crippen molar-refractivity contribution in [3.63, 3.8) is 0 Å². The van der Waals surface area contributed by atoms with Crippen LogP contribution < -0.4 is 5.32 Å². The predicted molar refractivity (Wildman–Crippen MR) is 105 cm³/mol. The summed E-state index contributed by atoms with van der Waals surface area (Å²) in [4.78, 5) is 38.1. The Morgan fingerprint density at radius 2 is 1.79 bits per heavy atom. The van der Waals surface area contributed by atoms with E-state index in [2.05, 4.69) is 12.2 Å². The molecule has 2 amide bonds. The third-order valence-corrected chi connectivity index (χ3v) is 4.76. The fourth-order valence-electron chi connectivity index (χ4n) is 3.16. The van der Waals surface area contributed by atoms with Crippen molar-refractivity contribution in [2.24, 2.45) is 5.92 Å². The first-order valence-corrected chi connectivity index (χ1v) is 9.42. The van der Waals surface area contributed by atoms with E-state index in [0.717, 1.165) is 12.0 Å². The molecule has 1 heterocycles. The third kappa shape index (κ3) is 5.19. The minimum Gasteiger partial charge on any atom is -0.455 e. The number of benzene rings is 2. The van der Waals surface area contributed by atoms with Crippen LogP contribution in [-0.4, -0.2) is 35.8 Å². The molecular formula is C22H24N2O4. The van der Waals surface area contributed by atoms with E-state index in [0.29, 0.717) is 18.8 Å². The second kappa shape index (κ2) is 9.17. The number of rotatable bonds is 7. The maximum absolute atomic E-state index is 12.2. The molecule has 3 rings (SSSR count). The van der Waals surface area contributed by atoms with Gasteiger partial charge in [-0.2, -0.15) is 0 Å². The lowest BCUT2D eigenvalue weighted by atomic mass is 10.1. The number of anilines is 1. The van der Waals surface area contributed by atoms with E-state index in [1.165, 1.54) is 5.56 Å². The molecule has 1 aliphatic heterocycles. The maximum atomic E-state index is 12.2. The average Bonchev–Trinajstić information content (AvgIpc) is 3.08. The van der Waals surface area contributed by atoms with Gasteiger partial charge in [0.2, 0.25) is 5.91 Å². The molecule has 0 radical (unpaired) electrons. The maximum Gasteiger partial charge on any atom is 0.311 e. The van der Waals surface area contributed by atoms with Gasteiger partial charge in [0.15, 0.2) is 6.61 Å². The van der Waals surface area contributed by atoms with Crippen molar-refractivity contribution in [3.05, 3.63) is 65.7 Å². The summed E-state index contributed by atoms with van der Waals surface area (Å²) in [5.41, 5.74) is 2.84. The highest BCUT2D eigenvalue weighted by Gasteiger charge is 2.35. The van der Waals surface area contributed by atoms with Gasteiger partial charge in [-0.05, 0) is 29.7 Å². The number of carbonyl (C=O) groups excluding carboxylic acids is 3. The number of amides is 2. The Morgan fingerprint density at radius 3 is 2.46 bits per heavy atom. The van der Waals surface area contributed by atoms with Crippen LogP contribution >= 0.6 is 0 Å². The van der Waals surface area contributed by atoms with E-state index in [9.17, 15) is 14.4 Å². The number of hydrogen-bond acceptors (Lipinski definition) is 4. The summed E-state index contributed by atoms with van der Waals surface area (Å²) in [6, 6.07) is 17.1. The van der Waals surface area contributed by atoms with Crippen molar-refractivity contribution in [3.8, 4) is 0 Å². The van der Waals surface area contributed by atoms with Gasteiger partial charge in [0.05, 0.1) is 5.92 Å². The third-order valence-electron chi connectivity index (χ3n) is 4.76. The van der Waals surface area contributed by atoms with Crippen molar-refractivity contribution in [2.45, 2.75) is 26.3 Å². The zero-order chi connectivity index (χ0) is 19.9. The second-order valence-corrected chi connectivity index (χ2v) is 6.87. The molecule has 1 fully saturated rings. The van der Waals surface area contributed by atoms with E-state index in [4.69, 9.17) is 4.74 Å². The zero-order valence-corrected chi connectivity index (χ0v) is 15.9. The van der Waals surface area contributed by atoms with Crippen LogP contribution in [0.2, 0.25) is 0 Å². The fraction of sp³-hybridized carbons (Fsp3) is 0.318. The molecule has 146 valence electrons. The van der Waals surface area contributed by atoms with Crippen LogP contribution in [0.25, 0.3) is 0 Å². The number of aryl methyl sites for hydroxylation is 1. The minimum absolute atomic E-state index is 0.0775. The molecule has 0 aromatic heterocycles. The summed E-state index contributed by atoms with van der Waals surface area (Å²) in [6.45, 7) is 2.48. The summed E-state index contributed by atoms with van der Waals surface area (Å²) < 4.78 is 5.12. The largest absolute Gasteiger partial charge is 0.455 e. The highest BCUT2D eigenvalue weighted by molar-refractivity contribution is 5.93. The summed E-state index contributed by atoms with van der Waals surface area (Å²) in [5, 5.41) is 2.70. The Morgan fingerprint density at radius 1 is 1.07 bits per heavy atom. The van der Waals surface area contributed by atoms with Gasteiger partial charge in [0, 0.05) is 25.2 Å². The van der Waals surface area contributed by atoms with Gasteiger partial charge in [0.25, 0.3) is 5.91 Å². The Hall–Kier alpha value is -3.15. The Balaban J connectivity index is 1.45. The highest BCUT2D eigenvalue weighted by atomic mass is 16.5. The monoisotopic (exact) mass is 380 g/mol. The molecule has 1 atom stereocenters. The van der Waals surface area contributed by atoms with E-state index >= 15 is 0 Å². The number of nitrogens with one attached hydrogen (secondary N) is 1. The van der Waals surface area contributed by atoms with E-state index in [1.807, 2.05) is 54.6 Å². The van der Waals surface area contributed by atoms with Gasteiger partial charge in [-0.25, -0.2) is 0 Å². The van der Waals surface area contributed by atoms with Gasteiger partial charge in [-0.1, -0.05) is 49.4 Å². The molecule has 1 N–H and O–H groups in total. The SMILES string of the molecule is CCc1ccc(NC(=O)COC(=O)[C@@H]2CC(=O)N(Cc3ccccc3)C2)cc1. The standard InChI is InChI=1S/C22H24N2O4/c1-2-16-8-10-19(11-9-16)23-20(25)15-28-22(27)18-12-21(26)24(14-18)13-17-6-4-3-5-7-17/h3-11,18H,2,12-15H2,1H3,(H,23,25)/t18-/m1/s1. The first-order valence-electron chi connectivity index (χ1n) is 9.42. The van der Waals surface area contributed by atoms with Gasteiger partial charge in [-0.15, -0.1) is 0 Å². The number of nitrogens with zero attached hydrogens (tertiary/aromatic N) is 1. The molecule has 2 aromatic rings. The van der Waals surface area contributed by atoms with Crippen LogP contribution in [0, 0.1) is 5.92 Å². The number of carbonyl (C=O) groups is 3. The molecule has 1 aliphatic rings. The number of hydrogen-bond donors (Lipinski definition) is 1. The lowest BCUT2D eigenvalue weighted by molar-refractivity contribution is -0.151. The van der Waals surface area contributed by atoms with Crippen molar-refractivity contribution in [2.75, 3.05) is 18.5 Å². The highest BCUT2D eigenvalue weighted by Crippen LogP contribution is 2.21. The van der Waals surface area contributed by atoms with Crippen LogP contribution in [0.4, 0.5) is 5.69 Å². The molecule has 0 aliphatic carbocycles. The smallest absolute Gasteiger partial charge is 0.311 e. The molecule has 2 aromatic carbocycles. The molecule has 0 unspecified atom stereocenters.